The molecule has 3 heteroatoms. The standard InChI is InChI=1S/C21H17ClN2/c22-20-19(12-16-9-5-2-6-10-16)18(14-23)13-17(21(20)24)11-15-7-3-1-4-8-15/h1-10,13H,11-12,24H2. The summed E-state index contributed by atoms with van der Waals surface area (Å²) in [6.45, 7) is 0. The van der Waals surface area contributed by atoms with Gasteiger partial charge >= 0.3 is 0 Å². The Labute approximate surface area is 147 Å². The van der Waals surface area contributed by atoms with Crippen LogP contribution in [-0.2, 0) is 12.8 Å². The van der Waals surface area contributed by atoms with Crippen LogP contribution in [0, 0.1) is 11.3 Å². The topological polar surface area (TPSA) is 49.8 Å². The van der Waals surface area contributed by atoms with E-state index in [1.807, 2.05) is 66.7 Å². The Morgan fingerprint density at radius 2 is 1.42 bits per heavy atom. The molecule has 3 aromatic rings. The number of hydrogen-bond acceptors (Lipinski definition) is 2. The zero-order valence-electron chi connectivity index (χ0n) is 13.2. The lowest BCUT2D eigenvalue weighted by molar-refractivity contribution is 1.14. The van der Waals surface area contributed by atoms with E-state index in [1.165, 1.54) is 0 Å². The van der Waals surface area contributed by atoms with Crippen LogP contribution in [0.2, 0.25) is 5.02 Å². The van der Waals surface area contributed by atoms with E-state index < -0.39 is 0 Å². The fourth-order valence-corrected chi connectivity index (χ4v) is 3.09. The number of nitrogens with two attached hydrogens (primary N) is 1. The van der Waals surface area contributed by atoms with Crippen molar-refractivity contribution < 1.29 is 0 Å². The van der Waals surface area contributed by atoms with Crippen molar-refractivity contribution in [2.75, 3.05) is 5.73 Å². The van der Waals surface area contributed by atoms with Gasteiger partial charge in [0, 0.05) is 6.42 Å². The van der Waals surface area contributed by atoms with Crippen molar-refractivity contribution in [1.29, 1.82) is 5.26 Å². The van der Waals surface area contributed by atoms with E-state index in [4.69, 9.17) is 17.3 Å². The maximum atomic E-state index is 9.55. The fourth-order valence-electron chi connectivity index (χ4n) is 2.80. The van der Waals surface area contributed by atoms with Gasteiger partial charge in [-0.1, -0.05) is 72.3 Å². The first-order valence-corrected chi connectivity index (χ1v) is 8.14. The van der Waals surface area contributed by atoms with Gasteiger partial charge in [-0.25, -0.2) is 0 Å². The van der Waals surface area contributed by atoms with Crippen molar-refractivity contribution in [3.05, 3.63) is 99.6 Å². The lowest BCUT2D eigenvalue weighted by atomic mass is 9.94. The summed E-state index contributed by atoms with van der Waals surface area (Å²) in [4.78, 5) is 0. The molecule has 118 valence electrons. The number of hydrogen-bond donors (Lipinski definition) is 1. The summed E-state index contributed by atoms with van der Waals surface area (Å²) < 4.78 is 0. The molecule has 0 radical (unpaired) electrons. The van der Waals surface area contributed by atoms with Crippen molar-refractivity contribution >= 4 is 17.3 Å². The maximum absolute atomic E-state index is 9.55. The van der Waals surface area contributed by atoms with Crippen molar-refractivity contribution in [3.8, 4) is 6.07 Å². The summed E-state index contributed by atoms with van der Waals surface area (Å²) >= 11 is 6.52. The summed E-state index contributed by atoms with van der Waals surface area (Å²) in [6.07, 6.45) is 1.26. The minimum atomic E-state index is 0.490. The van der Waals surface area contributed by atoms with Crippen LogP contribution >= 0.6 is 11.6 Å². The Morgan fingerprint density at radius 3 is 1.96 bits per heavy atom. The number of nitrogens with zero attached hydrogens (tertiary/aromatic N) is 1. The molecule has 0 bridgehead atoms. The predicted molar refractivity (Wildman–Crippen MR) is 99.1 cm³/mol. The molecular weight excluding hydrogens is 316 g/mol. The van der Waals surface area contributed by atoms with Crippen molar-refractivity contribution in [3.63, 3.8) is 0 Å². The Balaban J connectivity index is 2.00. The first-order valence-electron chi connectivity index (χ1n) is 7.76. The molecule has 0 amide bonds. The van der Waals surface area contributed by atoms with E-state index in [9.17, 15) is 5.26 Å². The summed E-state index contributed by atoms with van der Waals surface area (Å²) in [5.41, 5.74) is 11.3. The fraction of sp³-hybridized carbons (Fsp3) is 0.0952. The van der Waals surface area contributed by atoms with E-state index in [1.54, 1.807) is 0 Å². The molecular formula is C21H17ClN2. The van der Waals surface area contributed by atoms with Gasteiger partial charge < -0.3 is 5.73 Å². The molecule has 3 rings (SSSR count). The molecule has 0 atom stereocenters. The highest BCUT2D eigenvalue weighted by atomic mass is 35.5. The Hall–Kier alpha value is -2.76. The second kappa shape index (κ2) is 7.21. The molecule has 0 spiro atoms. The van der Waals surface area contributed by atoms with Gasteiger partial charge in [0.15, 0.2) is 0 Å². The highest BCUT2D eigenvalue weighted by molar-refractivity contribution is 6.34. The number of halogens is 1. The van der Waals surface area contributed by atoms with Crippen LogP contribution in [0.1, 0.15) is 27.8 Å². The van der Waals surface area contributed by atoms with Gasteiger partial charge in [-0.05, 0) is 34.7 Å². The Kier molecular flexibility index (Phi) is 4.84. The van der Waals surface area contributed by atoms with Gasteiger partial charge in [0.1, 0.15) is 0 Å². The molecule has 2 nitrogen and oxygen atoms in total. The molecule has 0 saturated heterocycles. The minimum absolute atomic E-state index is 0.490. The molecule has 0 heterocycles. The SMILES string of the molecule is N#Cc1cc(Cc2ccccc2)c(N)c(Cl)c1Cc1ccccc1. The average Bonchev–Trinajstić information content (AvgIpc) is 2.63. The smallest absolute Gasteiger partial charge is 0.0995 e. The first-order chi connectivity index (χ1) is 11.7. The van der Waals surface area contributed by atoms with E-state index in [0.29, 0.717) is 29.1 Å². The number of rotatable bonds is 4. The van der Waals surface area contributed by atoms with Crippen LogP contribution in [0.3, 0.4) is 0 Å². The molecule has 3 aromatic carbocycles. The molecule has 0 fully saturated rings. The van der Waals surface area contributed by atoms with Gasteiger partial charge in [0.25, 0.3) is 0 Å². The predicted octanol–water partition coefficient (Wildman–Crippen LogP) is 4.98. The largest absolute Gasteiger partial charge is 0.397 e. The van der Waals surface area contributed by atoms with Gasteiger partial charge in [-0.15, -0.1) is 0 Å². The van der Waals surface area contributed by atoms with E-state index >= 15 is 0 Å². The molecule has 2 N–H and O–H groups in total. The van der Waals surface area contributed by atoms with Gasteiger partial charge in [-0.3, -0.25) is 0 Å². The van der Waals surface area contributed by atoms with Crippen molar-refractivity contribution in [1.82, 2.24) is 0 Å². The Morgan fingerprint density at radius 1 is 0.875 bits per heavy atom. The van der Waals surface area contributed by atoms with Crippen LogP contribution in [-0.4, -0.2) is 0 Å². The number of nitriles is 1. The van der Waals surface area contributed by atoms with Gasteiger partial charge in [-0.2, -0.15) is 5.26 Å². The number of benzene rings is 3. The van der Waals surface area contributed by atoms with Crippen LogP contribution in [0.15, 0.2) is 66.7 Å². The molecule has 0 aromatic heterocycles. The van der Waals surface area contributed by atoms with Gasteiger partial charge in [0.2, 0.25) is 0 Å². The lowest BCUT2D eigenvalue weighted by Gasteiger charge is -2.14. The zero-order valence-corrected chi connectivity index (χ0v) is 13.9. The summed E-state index contributed by atoms with van der Waals surface area (Å²) in [5, 5.41) is 10.0. The molecule has 0 aliphatic carbocycles. The lowest BCUT2D eigenvalue weighted by Crippen LogP contribution is -2.03. The highest BCUT2D eigenvalue weighted by Gasteiger charge is 2.15. The highest BCUT2D eigenvalue weighted by Crippen LogP contribution is 2.33. The van der Waals surface area contributed by atoms with E-state index in [0.717, 1.165) is 22.3 Å². The third-order valence-corrected chi connectivity index (χ3v) is 4.50. The minimum Gasteiger partial charge on any atom is -0.397 e. The monoisotopic (exact) mass is 332 g/mol. The number of anilines is 1. The molecule has 0 aliphatic rings. The van der Waals surface area contributed by atoms with Crippen LogP contribution < -0.4 is 5.73 Å². The van der Waals surface area contributed by atoms with Crippen molar-refractivity contribution in [2.45, 2.75) is 12.8 Å². The second-order valence-corrected chi connectivity index (χ2v) is 6.10. The normalized spacial score (nSPS) is 10.3. The number of nitrogen functional groups attached to an aromatic ring is 1. The van der Waals surface area contributed by atoms with Crippen LogP contribution in [0.25, 0.3) is 0 Å². The van der Waals surface area contributed by atoms with Crippen LogP contribution in [0.5, 0.6) is 0 Å². The second-order valence-electron chi connectivity index (χ2n) is 5.73. The zero-order chi connectivity index (χ0) is 16.9. The summed E-state index contributed by atoms with van der Waals surface area (Å²) in [5.74, 6) is 0. The summed E-state index contributed by atoms with van der Waals surface area (Å²) in [7, 11) is 0. The Bertz CT molecular complexity index is 881. The van der Waals surface area contributed by atoms with Crippen molar-refractivity contribution in [2.24, 2.45) is 0 Å². The molecule has 0 unspecified atom stereocenters. The van der Waals surface area contributed by atoms with Gasteiger partial charge in [0.05, 0.1) is 22.3 Å². The quantitative estimate of drug-likeness (QED) is 0.685. The summed E-state index contributed by atoms with van der Waals surface area (Å²) in [6, 6.07) is 24.1. The van der Waals surface area contributed by atoms with Crippen LogP contribution in [0.4, 0.5) is 5.69 Å². The first kappa shape index (κ1) is 16.1. The molecule has 0 saturated carbocycles. The third kappa shape index (κ3) is 3.42. The average molecular weight is 333 g/mol. The van der Waals surface area contributed by atoms with E-state index in [-0.39, 0.29) is 0 Å². The molecule has 0 aliphatic heterocycles. The molecule has 24 heavy (non-hydrogen) atoms. The maximum Gasteiger partial charge on any atom is 0.0995 e. The third-order valence-electron chi connectivity index (χ3n) is 4.07. The van der Waals surface area contributed by atoms with E-state index in [2.05, 4.69) is 6.07 Å².